The van der Waals surface area contributed by atoms with E-state index in [2.05, 4.69) is 4.52 Å². The number of primary amides is 1. The number of hydrogen-bond donors (Lipinski definition) is 5. The first-order valence-corrected chi connectivity index (χ1v) is 7.88. The minimum absolute atomic E-state index is 0.294. The molecule has 0 aromatic rings. The second-order valence-corrected chi connectivity index (χ2v) is 6.13. The summed E-state index contributed by atoms with van der Waals surface area (Å²) >= 11 is 0. The highest BCUT2D eigenvalue weighted by Crippen LogP contribution is 2.37. The fourth-order valence-electron chi connectivity index (χ4n) is 2.18. The van der Waals surface area contributed by atoms with Gasteiger partial charge in [-0.2, -0.15) is 0 Å². The van der Waals surface area contributed by atoms with E-state index in [0.717, 1.165) is 0 Å². The van der Waals surface area contributed by atoms with Gasteiger partial charge in [0.05, 0.1) is 6.61 Å². The molecule has 4 atom stereocenters. The third-order valence-corrected chi connectivity index (χ3v) is 3.76. The summed E-state index contributed by atoms with van der Waals surface area (Å²) in [6, 6.07) is 0. The van der Waals surface area contributed by atoms with Crippen LogP contribution in [0.5, 0.6) is 0 Å². The normalized spacial score (nSPS) is 32.2. The summed E-state index contributed by atoms with van der Waals surface area (Å²) in [5.41, 5.74) is 5.48. The lowest BCUT2D eigenvalue weighted by Crippen LogP contribution is -2.40. The second kappa shape index (κ2) is 6.47. The van der Waals surface area contributed by atoms with Crippen LogP contribution in [0.3, 0.4) is 0 Å². The predicted octanol–water partition coefficient (Wildman–Crippen LogP) is -1.87. The van der Waals surface area contributed by atoms with Crippen LogP contribution in [0.15, 0.2) is 24.0 Å². The van der Waals surface area contributed by atoms with E-state index in [1.165, 1.54) is 11.1 Å². The van der Waals surface area contributed by atoms with Crippen molar-refractivity contribution in [3.63, 3.8) is 0 Å². The molecule has 0 aliphatic carbocycles. The van der Waals surface area contributed by atoms with Crippen LogP contribution in [0, 0.1) is 0 Å². The van der Waals surface area contributed by atoms with Gasteiger partial charge in [-0.15, -0.1) is 0 Å². The third kappa shape index (κ3) is 3.93. The van der Waals surface area contributed by atoms with Gasteiger partial charge in [-0.25, -0.2) is 4.57 Å². The molecule has 11 heteroatoms. The number of hydrogen-bond acceptors (Lipinski definition) is 7. The van der Waals surface area contributed by atoms with Crippen LogP contribution in [0.2, 0.25) is 0 Å². The Morgan fingerprint density at radius 2 is 2.14 bits per heavy atom. The molecule has 2 rings (SSSR count). The van der Waals surface area contributed by atoms with Gasteiger partial charge in [0.25, 0.3) is 0 Å². The molecule has 22 heavy (non-hydrogen) atoms. The molecule has 0 radical (unpaired) electrons. The zero-order valence-electron chi connectivity index (χ0n) is 11.3. The van der Waals surface area contributed by atoms with Crippen molar-refractivity contribution in [1.82, 2.24) is 4.90 Å². The number of ether oxygens (including phenoxy) is 1. The van der Waals surface area contributed by atoms with E-state index in [1.807, 2.05) is 0 Å². The summed E-state index contributed by atoms with van der Waals surface area (Å²) in [6.45, 7) is -0.594. The number of amides is 1. The van der Waals surface area contributed by atoms with Crippen molar-refractivity contribution in [2.75, 3.05) is 6.61 Å². The van der Waals surface area contributed by atoms with Gasteiger partial charge in [0.15, 0.2) is 6.23 Å². The van der Waals surface area contributed by atoms with Gasteiger partial charge in [0.2, 0.25) is 5.91 Å². The average Bonchev–Trinajstić information content (AvgIpc) is 2.72. The zero-order valence-corrected chi connectivity index (χ0v) is 12.2. The molecule has 0 saturated carbocycles. The Morgan fingerprint density at radius 3 is 2.73 bits per heavy atom. The summed E-state index contributed by atoms with van der Waals surface area (Å²) in [4.78, 5) is 29.8. The van der Waals surface area contributed by atoms with Gasteiger partial charge in [0, 0.05) is 18.0 Å². The lowest BCUT2D eigenvalue weighted by Gasteiger charge is -2.28. The quantitative estimate of drug-likeness (QED) is 0.362. The fraction of sp³-hybridized carbons (Fsp3) is 0.545. The Labute approximate surface area is 125 Å². The number of rotatable bonds is 5. The van der Waals surface area contributed by atoms with E-state index in [4.69, 9.17) is 20.3 Å². The monoisotopic (exact) mass is 336 g/mol. The summed E-state index contributed by atoms with van der Waals surface area (Å²) in [5, 5.41) is 19.8. The predicted molar refractivity (Wildman–Crippen MR) is 71.5 cm³/mol. The van der Waals surface area contributed by atoms with Crippen LogP contribution in [-0.4, -0.2) is 62.0 Å². The summed E-state index contributed by atoms with van der Waals surface area (Å²) in [6.07, 6.45) is -0.0475. The minimum Gasteiger partial charge on any atom is -0.387 e. The molecular weight excluding hydrogens is 319 g/mol. The zero-order chi connectivity index (χ0) is 16.5. The standard InChI is InChI=1S/C11H17N2O8P/c12-10(16)6-2-1-3-13(4-6)11-9(15)8(14)7(21-11)5-20-22(17,18)19/h1,3-4,7-9,11,14-15H,2,5H2,(H2,12,16)(H2,17,18,19)/t7-,8-,9-,11-/m0/s1. The van der Waals surface area contributed by atoms with Gasteiger partial charge < -0.3 is 35.4 Å². The molecule has 124 valence electrons. The molecule has 6 N–H and O–H groups in total. The topological polar surface area (TPSA) is 163 Å². The highest BCUT2D eigenvalue weighted by molar-refractivity contribution is 7.46. The Hall–Kier alpha value is -1.26. The van der Waals surface area contributed by atoms with Crippen molar-refractivity contribution in [3.05, 3.63) is 24.0 Å². The first-order chi connectivity index (χ1) is 10.2. The van der Waals surface area contributed by atoms with Gasteiger partial charge in [-0.3, -0.25) is 9.32 Å². The lowest BCUT2D eigenvalue weighted by atomic mass is 10.1. The summed E-state index contributed by atoms with van der Waals surface area (Å²) in [7, 11) is -4.71. The Bertz CT molecular complexity index is 544. The summed E-state index contributed by atoms with van der Waals surface area (Å²) in [5.74, 6) is -0.622. The molecule has 1 fully saturated rings. The van der Waals surface area contributed by atoms with Gasteiger partial charge in [0.1, 0.15) is 18.3 Å². The molecule has 1 amide bonds. The van der Waals surface area contributed by atoms with E-state index in [0.29, 0.717) is 12.0 Å². The molecule has 2 aliphatic rings. The van der Waals surface area contributed by atoms with Crippen molar-refractivity contribution in [2.45, 2.75) is 31.0 Å². The van der Waals surface area contributed by atoms with Crippen LogP contribution in [-0.2, 0) is 18.6 Å². The molecule has 10 nitrogen and oxygen atoms in total. The number of nitrogens with zero attached hydrogens (tertiary/aromatic N) is 1. The Kier molecular flexibility index (Phi) is 5.03. The van der Waals surface area contributed by atoms with Crippen LogP contribution in [0.4, 0.5) is 0 Å². The second-order valence-electron chi connectivity index (χ2n) is 4.89. The molecule has 0 spiro atoms. The van der Waals surface area contributed by atoms with Crippen molar-refractivity contribution in [1.29, 1.82) is 0 Å². The van der Waals surface area contributed by atoms with Crippen molar-refractivity contribution in [2.24, 2.45) is 5.73 Å². The maximum absolute atomic E-state index is 11.2. The number of aliphatic hydroxyl groups is 2. The number of carbonyl (C=O) groups excluding carboxylic acids is 1. The SMILES string of the molecule is NC(=O)C1=CN([C@H]2O[C@@H](COP(=O)(O)O)[C@H](O)[C@@H]2O)C=CC1. The number of aliphatic hydroxyl groups excluding tert-OH is 2. The molecule has 0 unspecified atom stereocenters. The molecule has 0 bridgehead atoms. The molecular formula is C11H17N2O8P. The van der Waals surface area contributed by atoms with Crippen molar-refractivity contribution >= 4 is 13.7 Å². The molecule has 1 saturated heterocycles. The van der Waals surface area contributed by atoms with Gasteiger partial charge in [-0.05, 0) is 6.42 Å². The fourth-order valence-corrected chi connectivity index (χ4v) is 2.52. The van der Waals surface area contributed by atoms with Gasteiger partial charge >= 0.3 is 7.82 Å². The van der Waals surface area contributed by atoms with Crippen molar-refractivity contribution in [3.8, 4) is 0 Å². The van der Waals surface area contributed by atoms with Crippen LogP contribution in [0.25, 0.3) is 0 Å². The minimum atomic E-state index is -4.71. The average molecular weight is 336 g/mol. The van der Waals surface area contributed by atoms with Crippen LogP contribution in [0.1, 0.15) is 6.42 Å². The Morgan fingerprint density at radius 1 is 1.45 bits per heavy atom. The third-order valence-electron chi connectivity index (χ3n) is 3.27. The van der Waals surface area contributed by atoms with E-state index in [9.17, 15) is 19.6 Å². The number of carbonyl (C=O) groups is 1. The maximum Gasteiger partial charge on any atom is 0.469 e. The van der Waals surface area contributed by atoms with Crippen molar-refractivity contribution < 1.29 is 38.6 Å². The number of phosphoric acid groups is 1. The smallest absolute Gasteiger partial charge is 0.387 e. The number of nitrogens with two attached hydrogens (primary N) is 1. The maximum atomic E-state index is 11.2. The number of phosphoric ester groups is 1. The largest absolute Gasteiger partial charge is 0.469 e. The van der Waals surface area contributed by atoms with E-state index in [1.54, 1.807) is 12.3 Å². The lowest BCUT2D eigenvalue weighted by molar-refractivity contribution is -0.114. The van der Waals surface area contributed by atoms with E-state index >= 15 is 0 Å². The molecule has 0 aromatic carbocycles. The van der Waals surface area contributed by atoms with E-state index < -0.39 is 44.9 Å². The summed E-state index contributed by atoms with van der Waals surface area (Å²) < 4.78 is 20.3. The number of allylic oxidation sites excluding steroid dienone is 1. The van der Waals surface area contributed by atoms with Gasteiger partial charge in [-0.1, -0.05) is 6.08 Å². The van der Waals surface area contributed by atoms with Crippen LogP contribution >= 0.6 is 7.82 Å². The highest BCUT2D eigenvalue weighted by Gasteiger charge is 2.45. The highest BCUT2D eigenvalue weighted by atomic mass is 31.2. The van der Waals surface area contributed by atoms with Crippen LogP contribution < -0.4 is 5.73 Å². The molecule has 0 aromatic heterocycles. The first kappa shape index (κ1) is 17.1. The Balaban J connectivity index is 2.06. The van der Waals surface area contributed by atoms with E-state index in [-0.39, 0.29) is 0 Å². The molecule has 2 aliphatic heterocycles. The first-order valence-electron chi connectivity index (χ1n) is 6.35. The molecule has 2 heterocycles.